The van der Waals surface area contributed by atoms with E-state index in [-0.39, 0.29) is 6.04 Å². The molecule has 3 N–H and O–H groups in total. The van der Waals surface area contributed by atoms with Crippen LogP contribution in [0.5, 0.6) is 5.75 Å². The number of rotatable bonds is 5. The topological polar surface area (TPSA) is 47.3 Å². The molecule has 1 aliphatic carbocycles. The lowest BCUT2D eigenvalue weighted by Crippen LogP contribution is -2.41. The minimum Gasteiger partial charge on any atom is -0.492 e. The Hall–Kier alpha value is -1.32. The molecule has 0 saturated carbocycles. The number of hydrazine groups is 1. The fourth-order valence-electron chi connectivity index (χ4n) is 2.14. The van der Waals surface area contributed by atoms with Gasteiger partial charge in [-0.25, -0.2) is 5.43 Å². The van der Waals surface area contributed by atoms with Gasteiger partial charge in [0.15, 0.2) is 0 Å². The lowest BCUT2D eigenvalue weighted by molar-refractivity contribution is 0.278. The van der Waals surface area contributed by atoms with E-state index in [0.29, 0.717) is 6.61 Å². The van der Waals surface area contributed by atoms with Crippen molar-refractivity contribution < 1.29 is 4.74 Å². The number of nitrogens with two attached hydrogens (primary N) is 1. The predicted octanol–water partition coefficient (Wildman–Crippen LogP) is 2.40. The minimum absolute atomic E-state index is 0.135. The summed E-state index contributed by atoms with van der Waals surface area (Å²) in [6.45, 7) is 0.590. The summed E-state index contributed by atoms with van der Waals surface area (Å²) in [6, 6.07) is 9.98. The molecular formula is C14H20N2O. The van der Waals surface area contributed by atoms with Crippen molar-refractivity contribution in [2.24, 2.45) is 5.84 Å². The van der Waals surface area contributed by atoms with Crippen molar-refractivity contribution in [1.82, 2.24) is 5.43 Å². The molecule has 1 atom stereocenters. The first-order chi connectivity index (χ1) is 8.40. The van der Waals surface area contributed by atoms with Crippen molar-refractivity contribution in [1.29, 1.82) is 0 Å². The molecule has 0 fully saturated rings. The first-order valence-corrected chi connectivity index (χ1v) is 6.23. The van der Waals surface area contributed by atoms with Gasteiger partial charge in [-0.05, 0) is 37.8 Å². The molecule has 3 nitrogen and oxygen atoms in total. The Kier molecular flexibility index (Phi) is 4.59. The molecule has 1 unspecified atom stereocenters. The van der Waals surface area contributed by atoms with Gasteiger partial charge < -0.3 is 4.74 Å². The van der Waals surface area contributed by atoms with E-state index in [1.54, 1.807) is 0 Å². The molecule has 0 amide bonds. The lowest BCUT2D eigenvalue weighted by atomic mass is 9.94. The number of nitrogens with one attached hydrogen (secondary N) is 1. The molecule has 0 radical (unpaired) electrons. The van der Waals surface area contributed by atoms with Crippen LogP contribution >= 0.6 is 0 Å². The SMILES string of the molecule is NNC(COc1ccccc1)C1=CCCCC1. The molecule has 0 aliphatic heterocycles. The quantitative estimate of drug-likeness (QED) is 0.465. The summed E-state index contributed by atoms with van der Waals surface area (Å²) in [5, 5.41) is 0. The average Bonchev–Trinajstić information content (AvgIpc) is 2.42. The van der Waals surface area contributed by atoms with Crippen molar-refractivity contribution in [3.63, 3.8) is 0 Å². The van der Waals surface area contributed by atoms with E-state index in [1.165, 1.54) is 24.8 Å². The van der Waals surface area contributed by atoms with Crippen LogP contribution in [-0.2, 0) is 0 Å². The van der Waals surface area contributed by atoms with Gasteiger partial charge in [-0.1, -0.05) is 29.8 Å². The summed E-state index contributed by atoms with van der Waals surface area (Å²) in [6.07, 6.45) is 7.14. The highest BCUT2D eigenvalue weighted by Gasteiger charge is 2.15. The monoisotopic (exact) mass is 232 g/mol. The second-order valence-electron chi connectivity index (χ2n) is 4.37. The summed E-state index contributed by atoms with van der Waals surface area (Å²) in [5.74, 6) is 6.49. The number of ether oxygens (including phenoxy) is 1. The fourth-order valence-corrected chi connectivity index (χ4v) is 2.14. The first kappa shape index (κ1) is 12.1. The van der Waals surface area contributed by atoms with Crippen molar-refractivity contribution >= 4 is 0 Å². The molecule has 17 heavy (non-hydrogen) atoms. The highest BCUT2D eigenvalue weighted by atomic mass is 16.5. The number of benzene rings is 1. The Bertz CT molecular complexity index is 362. The van der Waals surface area contributed by atoms with Crippen LogP contribution in [-0.4, -0.2) is 12.6 Å². The molecule has 0 aromatic heterocycles. The zero-order chi connectivity index (χ0) is 11.9. The van der Waals surface area contributed by atoms with E-state index in [9.17, 15) is 0 Å². The van der Waals surface area contributed by atoms with E-state index in [0.717, 1.165) is 12.2 Å². The third kappa shape index (κ3) is 3.58. The number of para-hydroxylation sites is 1. The van der Waals surface area contributed by atoms with Crippen LogP contribution < -0.4 is 16.0 Å². The van der Waals surface area contributed by atoms with Gasteiger partial charge in [0.1, 0.15) is 12.4 Å². The average molecular weight is 232 g/mol. The van der Waals surface area contributed by atoms with Gasteiger partial charge in [-0.3, -0.25) is 5.84 Å². The largest absolute Gasteiger partial charge is 0.492 e. The van der Waals surface area contributed by atoms with Crippen molar-refractivity contribution in [3.8, 4) is 5.75 Å². The van der Waals surface area contributed by atoms with Gasteiger partial charge in [0.05, 0.1) is 6.04 Å². The van der Waals surface area contributed by atoms with Crippen LogP contribution in [0.2, 0.25) is 0 Å². The molecule has 1 aromatic carbocycles. The number of allylic oxidation sites excluding steroid dienone is 1. The minimum atomic E-state index is 0.135. The van der Waals surface area contributed by atoms with Crippen molar-refractivity contribution in [3.05, 3.63) is 42.0 Å². The third-order valence-electron chi connectivity index (χ3n) is 3.13. The maximum atomic E-state index is 5.73. The van der Waals surface area contributed by atoms with Crippen LogP contribution in [0.15, 0.2) is 42.0 Å². The number of hydrogen-bond acceptors (Lipinski definition) is 3. The van der Waals surface area contributed by atoms with Gasteiger partial charge in [-0.15, -0.1) is 0 Å². The van der Waals surface area contributed by atoms with E-state index in [4.69, 9.17) is 10.6 Å². The maximum absolute atomic E-state index is 5.73. The highest BCUT2D eigenvalue weighted by molar-refractivity contribution is 5.21. The smallest absolute Gasteiger partial charge is 0.119 e. The fraction of sp³-hybridized carbons (Fsp3) is 0.429. The van der Waals surface area contributed by atoms with Gasteiger partial charge >= 0.3 is 0 Å². The zero-order valence-corrected chi connectivity index (χ0v) is 10.1. The Morgan fingerprint density at radius 2 is 2.06 bits per heavy atom. The summed E-state index contributed by atoms with van der Waals surface area (Å²) >= 11 is 0. The Morgan fingerprint density at radius 1 is 1.24 bits per heavy atom. The van der Waals surface area contributed by atoms with E-state index in [2.05, 4.69) is 11.5 Å². The highest BCUT2D eigenvalue weighted by Crippen LogP contribution is 2.20. The molecule has 1 aromatic rings. The van der Waals surface area contributed by atoms with Crippen LogP contribution in [0.1, 0.15) is 25.7 Å². The molecule has 2 rings (SSSR count). The number of hydrogen-bond donors (Lipinski definition) is 2. The summed E-state index contributed by atoms with van der Waals surface area (Å²) in [7, 11) is 0. The zero-order valence-electron chi connectivity index (χ0n) is 10.1. The molecular weight excluding hydrogens is 212 g/mol. The molecule has 92 valence electrons. The molecule has 1 aliphatic rings. The van der Waals surface area contributed by atoms with Gasteiger partial charge in [-0.2, -0.15) is 0 Å². The van der Waals surface area contributed by atoms with Crippen LogP contribution in [0, 0.1) is 0 Å². The Morgan fingerprint density at radius 3 is 2.71 bits per heavy atom. The van der Waals surface area contributed by atoms with Crippen molar-refractivity contribution in [2.75, 3.05) is 6.61 Å². The van der Waals surface area contributed by atoms with E-state index in [1.807, 2.05) is 30.3 Å². The van der Waals surface area contributed by atoms with Crippen LogP contribution in [0.3, 0.4) is 0 Å². The van der Waals surface area contributed by atoms with Crippen LogP contribution in [0.25, 0.3) is 0 Å². The summed E-state index contributed by atoms with van der Waals surface area (Å²) < 4.78 is 5.73. The lowest BCUT2D eigenvalue weighted by Gasteiger charge is -2.22. The molecule has 0 saturated heterocycles. The first-order valence-electron chi connectivity index (χ1n) is 6.23. The maximum Gasteiger partial charge on any atom is 0.119 e. The summed E-state index contributed by atoms with van der Waals surface area (Å²) in [4.78, 5) is 0. The van der Waals surface area contributed by atoms with Crippen molar-refractivity contribution in [2.45, 2.75) is 31.7 Å². The predicted molar refractivity (Wildman–Crippen MR) is 69.6 cm³/mol. The Balaban J connectivity index is 1.89. The van der Waals surface area contributed by atoms with E-state index < -0.39 is 0 Å². The summed E-state index contributed by atoms with van der Waals surface area (Å²) in [5.41, 5.74) is 4.23. The third-order valence-corrected chi connectivity index (χ3v) is 3.13. The van der Waals surface area contributed by atoms with Gasteiger partial charge in [0.25, 0.3) is 0 Å². The molecule has 0 heterocycles. The Labute approximate surface area is 103 Å². The van der Waals surface area contributed by atoms with Gasteiger partial charge in [0, 0.05) is 0 Å². The molecule has 0 bridgehead atoms. The van der Waals surface area contributed by atoms with Crippen LogP contribution in [0.4, 0.5) is 0 Å². The second-order valence-corrected chi connectivity index (χ2v) is 4.37. The molecule has 0 spiro atoms. The van der Waals surface area contributed by atoms with E-state index >= 15 is 0 Å². The molecule has 3 heteroatoms. The second kappa shape index (κ2) is 6.42. The van der Waals surface area contributed by atoms with Gasteiger partial charge in [0.2, 0.25) is 0 Å². The standard InChI is InChI=1S/C14H20N2O/c15-16-14(12-7-3-1-4-8-12)11-17-13-9-5-2-6-10-13/h2,5-7,9-10,14,16H,1,3-4,8,11,15H2. The normalized spacial score (nSPS) is 17.4.